The third-order valence-corrected chi connectivity index (χ3v) is 8.62. The number of esters is 1. The van der Waals surface area contributed by atoms with Crippen LogP contribution < -0.4 is 9.47 Å². The van der Waals surface area contributed by atoms with Crippen molar-refractivity contribution in [1.82, 2.24) is 4.90 Å². The Labute approximate surface area is 240 Å². The zero-order valence-corrected chi connectivity index (χ0v) is 24.0. The molecule has 0 atom stereocenters. The summed E-state index contributed by atoms with van der Waals surface area (Å²) in [6.07, 6.45) is 7.37. The number of likely N-dealkylation sites (tertiary alicyclic amines) is 1. The first kappa shape index (κ1) is 28.1. The lowest BCUT2D eigenvalue weighted by molar-refractivity contribution is -0.134. The number of unbranched alkanes of at least 4 members (excludes halogenated alkanes) is 1. The summed E-state index contributed by atoms with van der Waals surface area (Å²) in [6, 6.07) is 23.0. The van der Waals surface area contributed by atoms with Crippen molar-refractivity contribution in [2.75, 3.05) is 26.2 Å². The van der Waals surface area contributed by atoms with Crippen LogP contribution in [0.4, 0.5) is 0 Å². The lowest BCUT2D eigenvalue weighted by Gasteiger charge is -2.19. The van der Waals surface area contributed by atoms with Crippen LogP contribution in [0.25, 0.3) is 20.5 Å². The zero-order valence-electron chi connectivity index (χ0n) is 23.2. The van der Waals surface area contributed by atoms with E-state index in [-0.39, 0.29) is 11.8 Å². The number of nitrogens with zero attached hydrogens (tertiary/aromatic N) is 1. The van der Waals surface area contributed by atoms with Crippen LogP contribution in [-0.2, 0) is 4.79 Å². The van der Waals surface area contributed by atoms with Gasteiger partial charge in [-0.25, -0.2) is 0 Å². The Kier molecular flexibility index (Phi) is 9.63. The van der Waals surface area contributed by atoms with Gasteiger partial charge in [0.15, 0.2) is 5.78 Å². The Morgan fingerprint density at radius 3 is 2.27 bits per heavy atom. The number of carbonyl (C=O) groups excluding carboxylic acids is 2. The number of hydrogen-bond donors (Lipinski definition) is 0. The third kappa shape index (κ3) is 6.98. The van der Waals surface area contributed by atoms with E-state index in [1.165, 1.54) is 25.7 Å². The van der Waals surface area contributed by atoms with E-state index in [4.69, 9.17) is 9.47 Å². The van der Waals surface area contributed by atoms with Gasteiger partial charge >= 0.3 is 5.97 Å². The van der Waals surface area contributed by atoms with E-state index in [2.05, 4.69) is 4.90 Å². The molecule has 1 fully saturated rings. The van der Waals surface area contributed by atoms with E-state index in [0.29, 0.717) is 29.9 Å². The number of rotatable bonds is 11. The van der Waals surface area contributed by atoms with E-state index in [1.807, 2.05) is 67.6 Å². The lowest BCUT2D eigenvalue weighted by atomic mass is 9.97. The molecule has 3 aromatic carbocycles. The molecule has 1 aromatic heterocycles. The van der Waals surface area contributed by atoms with Crippen LogP contribution in [0.2, 0.25) is 0 Å². The first-order valence-electron chi connectivity index (χ1n) is 14.4. The van der Waals surface area contributed by atoms with E-state index in [9.17, 15) is 9.59 Å². The van der Waals surface area contributed by atoms with Gasteiger partial charge in [0.05, 0.1) is 0 Å². The van der Waals surface area contributed by atoms with E-state index >= 15 is 0 Å². The van der Waals surface area contributed by atoms with Gasteiger partial charge in [0.2, 0.25) is 0 Å². The van der Waals surface area contributed by atoms with Gasteiger partial charge in [-0.15, -0.1) is 11.3 Å². The molecular formula is C34H37NO4S. The molecule has 6 heteroatoms. The van der Waals surface area contributed by atoms with Crippen molar-refractivity contribution in [2.24, 2.45) is 0 Å². The summed E-state index contributed by atoms with van der Waals surface area (Å²) in [5, 5.41) is 0.945. The van der Waals surface area contributed by atoms with Gasteiger partial charge in [0.1, 0.15) is 18.1 Å². The minimum absolute atomic E-state index is 0.0152. The Balaban J connectivity index is 1.31. The van der Waals surface area contributed by atoms with Crippen molar-refractivity contribution >= 4 is 33.2 Å². The summed E-state index contributed by atoms with van der Waals surface area (Å²) >= 11 is 1.60. The fourth-order valence-corrected chi connectivity index (χ4v) is 6.36. The summed E-state index contributed by atoms with van der Waals surface area (Å²) in [5.74, 6) is 1.07. The maximum atomic E-state index is 13.9. The van der Waals surface area contributed by atoms with Gasteiger partial charge in [-0.05, 0) is 92.5 Å². The highest BCUT2D eigenvalue weighted by Gasteiger charge is 2.22. The molecule has 0 radical (unpaired) electrons. The van der Waals surface area contributed by atoms with Gasteiger partial charge < -0.3 is 9.47 Å². The molecule has 2 heterocycles. The molecule has 0 aliphatic carbocycles. The molecule has 1 aliphatic heterocycles. The maximum absolute atomic E-state index is 13.9. The summed E-state index contributed by atoms with van der Waals surface area (Å²) < 4.78 is 12.5. The molecule has 1 saturated heterocycles. The number of ether oxygens (including phenoxy) is 2. The number of benzene rings is 3. The SMILES string of the molecule is CCCCC(=O)Oc1ccc(-c2sc3ccccc3c2C(=O)c2ccc(OCCN3CCCCCC3)cc2)cc1. The fourth-order valence-electron chi connectivity index (χ4n) is 5.15. The zero-order chi connectivity index (χ0) is 27.7. The first-order chi connectivity index (χ1) is 19.6. The molecule has 5 nitrogen and oxygen atoms in total. The lowest BCUT2D eigenvalue weighted by Crippen LogP contribution is -2.29. The molecule has 40 heavy (non-hydrogen) atoms. The Morgan fingerprint density at radius 2 is 1.55 bits per heavy atom. The van der Waals surface area contributed by atoms with Crippen molar-refractivity contribution in [3.05, 3.63) is 83.9 Å². The first-order valence-corrected chi connectivity index (χ1v) is 15.3. The van der Waals surface area contributed by atoms with Crippen LogP contribution >= 0.6 is 11.3 Å². The molecule has 0 unspecified atom stereocenters. The number of hydrogen-bond acceptors (Lipinski definition) is 6. The van der Waals surface area contributed by atoms with Gasteiger partial charge in [-0.2, -0.15) is 0 Å². The van der Waals surface area contributed by atoms with Crippen LogP contribution in [0.1, 0.15) is 67.8 Å². The summed E-state index contributed by atoms with van der Waals surface area (Å²) in [6.45, 7) is 5.94. The third-order valence-electron chi connectivity index (χ3n) is 7.40. The Hall–Kier alpha value is -3.48. The predicted octanol–water partition coefficient (Wildman–Crippen LogP) is 8.15. The minimum Gasteiger partial charge on any atom is -0.492 e. The summed E-state index contributed by atoms with van der Waals surface area (Å²) in [5.41, 5.74) is 2.25. The molecular weight excluding hydrogens is 518 g/mol. The number of ketones is 1. The molecule has 1 aliphatic rings. The second-order valence-electron chi connectivity index (χ2n) is 10.4. The second kappa shape index (κ2) is 13.7. The van der Waals surface area contributed by atoms with Crippen molar-refractivity contribution < 1.29 is 19.1 Å². The number of carbonyl (C=O) groups is 2. The van der Waals surface area contributed by atoms with E-state index < -0.39 is 0 Å². The molecule has 0 N–H and O–H groups in total. The highest BCUT2D eigenvalue weighted by Crippen LogP contribution is 2.40. The average molecular weight is 556 g/mol. The highest BCUT2D eigenvalue weighted by molar-refractivity contribution is 7.22. The standard InChI is InChI=1S/C34H37NO4S/c1-2-3-12-31(36)39-28-19-15-26(16-20-28)34-32(29-10-6-7-11-30(29)40-34)33(37)25-13-17-27(18-14-25)38-24-23-35-21-8-4-5-9-22-35/h6-7,10-11,13-20H,2-5,8-9,12,21-24H2,1H3. The van der Waals surface area contributed by atoms with Crippen molar-refractivity contribution in [1.29, 1.82) is 0 Å². The van der Waals surface area contributed by atoms with Gasteiger partial charge in [0.25, 0.3) is 0 Å². The predicted molar refractivity (Wildman–Crippen MR) is 163 cm³/mol. The van der Waals surface area contributed by atoms with Crippen molar-refractivity contribution in [3.63, 3.8) is 0 Å². The van der Waals surface area contributed by atoms with Gasteiger partial charge in [-0.3, -0.25) is 14.5 Å². The largest absolute Gasteiger partial charge is 0.492 e. The normalized spacial score (nSPS) is 14.1. The summed E-state index contributed by atoms with van der Waals surface area (Å²) in [7, 11) is 0. The summed E-state index contributed by atoms with van der Waals surface area (Å²) in [4.78, 5) is 29.3. The van der Waals surface area contributed by atoms with Crippen LogP contribution in [0.3, 0.4) is 0 Å². The monoisotopic (exact) mass is 555 g/mol. The molecule has 208 valence electrons. The topological polar surface area (TPSA) is 55.8 Å². The molecule has 5 rings (SSSR count). The molecule has 0 bridgehead atoms. The molecule has 4 aromatic rings. The van der Waals surface area contributed by atoms with Crippen molar-refractivity contribution in [2.45, 2.75) is 51.9 Å². The van der Waals surface area contributed by atoms with Gasteiger partial charge in [-0.1, -0.05) is 44.4 Å². The van der Waals surface area contributed by atoms with E-state index in [0.717, 1.165) is 58.8 Å². The van der Waals surface area contributed by atoms with Crippen LogP contribution in [0.5, 0.6) is 11.5 Å². The number of thiophene rings is 1. The van der Waals surface area contributed by atoms with Crippen LogP contribution in [-0.4, -0.2) is 42.9 Å². The fraction of sp³-hybridized carbons (Fsp3) is 0.353. The molecule has 0 saturated carbocycles. The molecule has 0 spiro atoms. The Morgan fingerprint density at radius 1 is 0.850 bits per heavy atom. The average Bonchev–Trinajstić information content (AvgIpc) is 3.17. The second-order valence-corrected chi connectivity index (χ2v) is 11.4. The maximum Gasteiger partial charge on any atom is 0.311 e. The minimum atomic E-state index is -0.221. The van der Waals surface area contributed by atoms with Crippen molar-refractivity contribution in [3.8, 4) is 21.9 Å². The van der Waals surface area contributed by atoms with Gasteiger partial charge in [0, 0.05) is 39.1 Å². The smallest absolute Gasteiger partial charge is 0.311 e. The van der Waals surface area contributed by atoms with E-state index in [1.54, 1.807) is 23.5 Å². The quantitative estimate of drug-likeness (QED) is 0.106. The number of fused-ring (bicyclic) bond motifs is 1. The Bertz CT molecular complexity index is 1420. The van der Waals surface area contributed by atoms with Crippen LogP contribution in [0.15, 0.2) is 72.8 Å². The van der Waals surface area contributed by atoms with Crippen LogP contribution in [0, 0.1) is 0 Å². The molecule has 0 amide bonds. The highest BCUT2D eigenvalue weighted by atomic mass is 32.1.